The first-order valence-corrected chi connectivity index (χ1v) is 7.01. The van der Waals surface area contributed by atoms with E-state index >= 15 is 0 Å². The van der Waals surface area contributed by atoms with Crippen molar-refractivity contribution in [1.29, 1.82) is 0 Å². The number of hydrogen-bond donors (Lipinski definition) is 1. The highest BCUT2D eigenvalue weighted by Gasteiger charge is 2.23. The lowest BCUT2D eigenvalue weighted by Gasteiger charge is -2.22. The highest BCUT2D eigenvalue weighted by Crippen LogP contribution is 2.23. The van der Waals surface area contributed by atoms with Gasteiger partial charge in [0.25, 0.3) is 0 Å². The van der Waals surface area contributed by atoms with Crippen molar-refractivity contribution in [2.45, 2.75) is 59.0 Å². The van der Waals surface area contributed by atoms with Crippen LogP contribution in [-0.2, 0) is 11.3 Å². The van der Waals surface area contributed by atoms with E-state index in [0.717, 1.165) is 18.5 Å². The average Bonchev–Trinajstić information content (AvgIpc) is 2.81. The summed E-state index contributed by atoms with van der Waals surface area (Å²) in [6, 6.07) is 3.94. The number of Topliss-reactive ketones (excluding diaryl/α,β-unsaturated/α-hetero) is 1. The average molecular weight is 250 g/mol. The third-order valence-electron chi connectivity index (χ3n) is 3.39. The van der Waals surface area contributed by atoms with Crippen molar-refractivity contribution >= 4 is 5.78 Å². The maximum Gasteiger partial charge on any atom is 0.158 e. The molecule has 0 bridgehead atoms. The number of hydrogen-bond acceptors (Lipinski definition) is 2. The zero-order valence-electron chi connectivity index (χ0n) is 11.9. The highest BCUT2D eigenvalue weighted by atomic mass is 16.1. The van der Waals surface area contributed by atoms with Crippen molar-refractivity contribution in [3.05, 3.63) is 24.0 Å². The summed E-state index contributed by atoms with van der Waals surface area (Å²) < 4.78 is 2.07. The standard InChI is InChI=1S/C15H26N2O/c1-4-5-6-9-14(15(18)12(2)3)17-10-7-8-13(17)11-16/h7-8,10,12,14H,4-6,9,11,16H2,1-3H3/t14-/m0/s1. The molecule has 0 amide bonds. The molecular formula is C15H26N2O. The summed E-state index contributed by atoms with van der Waals surface area (Å²) in [7, 11) is 0. The van der Waals surface area contributed by atoms with E-state index in [1.807, 2.05) is 32.2 Å². The fourth-order valence-corrected chi connectivity index (χ4v) is 2.30. The number of ketones is 1. The first-order valence-electron chi connectivity index (χ1n) is 7.01. The molecule has 0 aliphatic heterocycles. The molecular weight excluding hydrogens is 224 g/mol. The van der Waals surface area contributed by atoms with Gasteiger partial charge in [0.1, 0.15) is 0 Å². The monoisotopic (exact) mass is 250 g/mol. The van der Waals surface area contributed by atoms with Gasteiger partial charge in [0, 0.05) is 24.4 Å². The van der Waals surface area contributed by atoms with Gasteiger partial charge in [0.15, 0.2) is 5.78 Å². The zero-order valence-corrected chi connectivity index (χ0v) is 11.9. The van der Waals surface area contributed by atoms with Crippen molar-refractivity contribution in [3.8, 4) is 0 Å². The maximum atomic E-state index is 12.3. The predicted molar refractivity (Wildman–Crippen MR) is 75.3 cm³/mol. The minimum absolute atomic E-state index is 0.0369. The van der Waals surface area contributed by atoms with Crippen LogP contribution < -0.4 is 5.73 Å². The van der Waals surface area contributed by atoms with E-state index in [0.29, 0.717) is 12.3 Å². The van der Waals surface area contributed by atoms with Crippen LogP contribution in [0.1, 0.15) is 58.2 Å². The van der Waals surface area contributed by atoms with E-state index in [2.05, 4.69) is 11.5 Å². The second-order valence-electron chi connectivity index (χ2n) is 5.18. The molecule has 3 heteroatoms. The van der Waals surface area contributed by atoms with E-state index in [-0.39, 0.29) is 12.0 Å². The third-order valence-corrected chi connectivity index (χ3v) is 3.39. The van der Waals surface area contributed by atoms with Gasteiger partial charge < -0.3 is 10.3 Å². The fraction of sp³-hybridized carbons (Fsp3) is 0.667. The van der Waals surface area contributed by atoms with Gasteiger partial charge >= 0.3 is 0 Å². The molecule has 1 heterocycles. The normalized spacial score (nSPS) is 12.9. The number of nitrogens with two attached hydrogens (primary N) is 1. The molecule has 1 aromatic heterocycles. The lowest BCUT2D eigenvalue weighted by molar-refractivity contribution is -0.125. The number of aromatic nitrogens is 1. The number of unbranched alkanes of at least 4 members (excludes halogenated alkanes) is 2. The Morgan fingerprint density at radius 1 is 1.39 bits per heavy atom. The summed E-state index contributed by atoms with van der Waals surface area (Å²) >= 11 is 0. The van der Waals surface area contributed by atoms with Crippen LogP contribution in [0.25, 0.3) is 0 Å². The molecule has 0 fully saturated rings. The molecule has 1 rings (SSSR count). The van der Waals surface area contributed by atoms with Crippen LogP contribution >= 0.6 is 0 Å². The van der Waals surface area contributed by atoms with Crippen molar-refractivity contribution < 1.29 is 4.79 Å². The zero-order chi connectivity index (χ0) is 13.5. The molecule has 2 N–H and O–H groups in total. The van der Waals surface area contributed by atoms with Crippen LogP contribution in [0.4, 0.5) is 0 Å². The van der Waals surface area contributed by atoms with Gasteiger partial charge in [-0.05, 0) is 18.6 Å². The van der Waals surface area contributed by atoms with Gasteiger partial charge in [-0.15, -0.1) is 0 Å². The Labute approximate surface area is 110 Å². The molecule has 1 atom stereocenters. The first-order chi connectivity index (χ1) is 8.61. The van der Waals surface area contributed by atoms with Crippen molar-refractivity contribution in [1.82, 2.24) is 4.57 Å². The number of carbonyl (C=O) groups excluding carboxylic acids is 1. The van der Waals surface area contributed by atoms with Crippen LogP contribution in [0.3, 0.4) is 0 Å². The minimum atomic E-state index is -0.0369. The Balaban J connectivity index is 2.86. The van der Waals surface area contributed by atoms with Crippen molar-refractivity contribution in [2.75, 3.05) is 0 Å². The SMILES string of the molecule is CCCCC[C@@H](C(=O)C(C)C)n1cccc1CN. The van der Waals surface area contributed by atoms with E-state index in [1.165, 1.54) is 12.8 Å². The van der Waals surface area contributed by atoms with Crippen LogP contribution in [0, 0.1) is 5.92 Å². The molecule has 0 spiro atoms. The van der Waals surface area contributed by atoms with Crippen molar-refractivity contribution in [2.24, 2.45) is 11.7 Å². The van der Waals surface area contributed by atoms with Gasteiger partial charge in [-0.2, -0.15) is 0 Å². The molecule has 0 saturated heterocycles. The van der Waals surface area contributed by atoms with Gasteiger partial charge in [0.2, 0.25) is 0 Å². The Kier molecular flexibility index (Phi) is 6.13. The van der Waals surface area contributed by atoms with Gasteiger partial charge in [0.05, 0.1) is 6.04 Å². The summed E-state index contributed by atoms with van der Waals surface area (Å²) in [5.74, 6) is 0.390. The Morgan fingerprint density at radius 2 is 2.11 bits per heavy atom. The Bertz CT molecular complexity index is 368. The van der Waals surface area contributed by atoms with E-state index in [1.54, 1.807) is 0 Å². The van der Waals surface area contributed by atoms with Gasteiger partial charge in [-0.25, -0.2) is 0 Å². The Morgan fingerprint density at radius 3 is 2.67 bits per heavy atom. The van der Waals surface area contributed by atoms with Crippen molar-refractivity contribution in [3.63, 3.8) is 0 Å². The van der Waals surface area contributed by atoms with Gasteiger partial charge in [-0.3, -0.25) is 4.79 Å². The number of rotatable bonds is 8. The van der Waals surface area contributed by atoms with Crippen LogP contribution in [-0.4, -0.2) is 10.4 Å². The summed E-state index contributed by atoms with van der Waals surface area (Å²) in [6.07, 6.45) is 6.37. The second kappa shape index (κ2) is 7.37. The molecule has 102 valence electrons. The minimum Gasteiger partial charge on any atom is -0.340 e. The van der Waals surface area contributed by atoms with E-state index < -0.39 is 0 Å². The van der Waals surface area contributed by atoms with E-state index in [9.17, 15) is 4.79 Å². The number of nitrogens with zero attached hydrogens (tertiary/aromatic N) is 1. The van der Waals surface area contributed by atoms with Crippen LogP contribution in [0.2, 0.25) is 0 Å². The molecule has 1 aromatic rings. The van der Waals surface area contributed by atoms with Crippen LogP contribution in [0.15, 0.2) is 18.3 Å². The summed E-state index contributed by atoms with van der Waals surface area (Å²) in [4.78, 5) is 12.3. The third kappa shape index (κ3) is 3.70. The van der Waals surface area contributed by atoms with Gasteiger partial charge in [-0.1, -0.05) is 40.0 Å². The second-order valence-corrected chi connectivity index (χ2v) is 5.18. The highest BCUT2D eigenvalue weighted by molar-refractivity contribution is 5.84. The van der Waals surface area contributed by atoms with Crippen LogP contribution in [0.5, 0.6) is 0 Å². The molecule has 0 aliphatic rings. The first kappa shape index (κ1) is 15.0. The molecule has 0 unspecified atom stereocenters. The predicted octanol–water partition coefficient (Wildman–Crippen LogP) is 3.29. The van der Waals surface area contributed by atoms with E-state index in [4.69, 9.17) is 5.73 Å². The Hall–Kier alpha value is -1.09. The molecule has 3 nitrogen and oxygen atoms in total. The molecule has 18 heavy (non-hydrogen) atoms. The molecule has 0 aliphatic carbocycles. The molecule has 0 aromatic carbocycles. The lowest BCUT2D eigenvalue weighted by Crippen LogP contribution is -2.25. The lowest BCUT2D eigenvalue weighted by atomic mass is 9.96. The smallest absolute Gasteiger partial charge is 0.158 e. The summed E-state index contributed by atoms with van der Waals surface area (Å²) in [6.45, 7) is 6.62. The summed E-state index contributed by atoms with van der Waals surface area (Å²) in [5.41, 5.74) is 6.78. The molecule has 0 radical (unpaired) electrons. The topological polar surface area (TPSA) is 48.0 Å². The fourth-order valence-electron chi connectivity index (χ4n) is 2.30. The summed E-state index contributed by atoms with van der Waals surface area (Å²) in [5, 5.41) is 0. The largest absolute Gasteiger partial charge is 0.340 e. The number of carbonyl (C=O) groups is 1. The maximum absolute atomic E-state index is 12.3. The quantitative estimate of drug-likeness (QED) is 0.720. The molecule has 0 saturated carbocycles.